The van der Waals surface area contributed by atoms with E-state index >= 15 is 0 Å². The lowest BCUT2D eigenvalue weighted by Gasteiger charge is -2.17. The lowest BCUT2D eigenvalue weighted by atomic mass is 9.94. The van der Waals surface area contributed by atoms with E-state index < -0.39 is 54.0 Å². The molecule has 2 unspecified atom stereocenters. The predicted molar refractivity (Wildman–Crippen MR) is 218 cm³/mol. The second-order valence-corrected chi connectivity index (χ2v) is 15.0. The largest absolute Gasteiger partial charge is 0.405 e. The summed E-state index contributed by atoms with van der Waals surface area (Å²) in [5, 5.41) is 23.7. The number of hydrogen-bond donors (Lipinski definition) is 5. The average molecular weight is 893 g/mol. The summed E-state index contributed by atoms with van der Waals surface area (Å²) in [6.07, 6.45) is 6.26. The number of anilines is 3. The zero-order valence-corrected chi connectivity index (χ0v) is 33.3. The van der Waals surface area contributed by atoms with Crippen molar-refractivity contribution >= 4 is 34.8 Å². The summed E-state index contributed by atoms with van der Waals surface area (Å²) in [5.41, 5.74) is 20.5. The first-order valence-corrected chi connectivity index (χ1v) is 19.5. The Kier molecular flexibility index (Phi) is 12.5. The molecule has 0 saturated heterocycles. The van der Waals surface area contributed by atoms with Gasteiger partial charge in [-0.3, -0.25) is 19.7 Å². The number of nitrogens with one attached hydrogen (secondary N) is 2. The van der Waals surface area contributed by atoms with Crippen LogP contribution in [0.2, 0.25) is 0 Å². The van der Waals surface area contributed by atoms with Crippen LogP contribution in [-0.2, 0) is 9.59 Å². The standard InChI is InChI=1S/C20H18F3N7O3.C20H20F3N7O/c21-20(22,23)10-27-19(31)16(11-1-2-11)12-3-4-15(26-7-12)29-9-13(8-28-29)14-5-6-25-18(24)17(14)30(32)33;21-20(22,23)10-28-19(31)16(11-1-2-11)12-3-4-15(27-7-12)30-9-13(8-29-30)14-5-6-26-18(25)17(14)24/h3-9,11,16H,1-2,10H2,(H2,24,25)(H,27,31);3-9,11,16H,1-2,10,24H2,(H2,25,26)(H,28,31). The van der Waals surface area contributed by atoms with Crippen LogP contribution in [-0.4, -0.2) is 81.7 Å². The van der Waals surface area contributed by atoms with E-state index in [0.29, 0.717) is 39.6 Å². The zero-order valence-electron chi connectivity index (χ0n) is 33.3. The van der Waals surface area contributed by atoms with Crippen LogP contribution in [0.15, 0.2) is 86.0 Å². The minimum atomic E-state index is -4.49. The minimum absolute atomic E-state index is 0.0253. The molecule has 2 atom stereocenters. The predicted octanol–water partition coefficient (Wildman–Crippen LogP) is 5.66. The molecule has 2 aliphatic rings. The Labute approximate surface area is 358 Å². The molecule has 6 aromatic heterocycles. The summed E-state index contributed by atoms with van der Waals surface area (Å²) >= 11 is 0. The van der Waals surface area contributed by atoms with Crippen molar-refractivity contribution in [2.24, 2.45) is 11.8 Å². The van der Waals surface area contributed by atoms with Crippen LogP contribution >= 0.6 is 0 Å². The number of pyridine rings is 4. The molecule has 0 aromatic carbocycles. The first-order valence-electron chi connectivity index (χ1n) is 19.5. The molecule has 24 heteroatoms. The molecule has 2 amide bonds. The maximum atomic E-state index is 12.5. The SMILES string of the molecule is Nc1nccc(-c2cnn(-c3ccc(C(C(=O)NCC(F)(F)F)C4CC4)cn3)c2)c1N.Nc1nccc(-c2cnn(-c3ccc(C(C(=O)NCC(F)(F)F)C4CC4)cn3)c2)c1[N+](=O)[O-]. The number of amides is 2. The van der Waals surface area contributed by atoms with Crippen LogP contribution in [0.3, 0.4) is 0 Å². The summed E-state index contributed by atoms with van der Waals surface area (Å²) in [6.45, 7) is -2.73. The number of aromatic nitrogens is 8. The summed E-state index contributed by atoms with van der Waals surface area (Å²) in [4.78, 5) is 51.8. The highest BCUT2D eigenvalue weighted by Crippen LogP contribution is 2.44. The quantitative estimate of drug-likeness (QED) is 0.0533. The Balaban J connectivity index is 0.000000192. The van der Waals surface area contributed by atoms with E-state index in [2.05, 4.69) is 30.1 Å². The highest BCUT2D eigenvalue weighted by molar-refractivity contribution is 5.85. The van der Waals surface area contributed by atoms with Gasteiger partial charge >= 0.3 is 18.0 Å². The normalized spacial score (nSPS) is 14.8. The molecule has 18 nitrogen and oxygen atoms in total. The number of hydrogen-bond acceptors (Lipinski definition) is 13. The van der Waals surface area contributed by atoms with E-state index in [0.717, 1.165) is 31.2 Å². The summed E-state index contributed by atoms with van der Waals surface area (Å²) in [6, 6.07) is 9.73. The van der Waals surface area contributed by atoms with E-state index in [-0.39, 0.29) is 34.7 Å². The maximum Gasteiger partial charge on any atom is 0.405 e. The highest BCUT2D eigenvalue weighted by atomic mass is 19.4. The smallest absolute Gasteiger partial charge is 0.395 e. The zero-order chi connectivity index (χ0) is 45.9. The Morgan fingerprint density at radius 1 is 0.672 bits per heavy atom. The van der Waals surface area contributed by atoms with Gasteiger partial charge in [0.1, 0.15) is 18.9 Å². The van der Waals surface area contributed by atoms with Gasteiger partial charge < -0.3 is 27.8 Å². The Morgan fingerprint density at radius 3 is 1.52 bits per heavy atom. The van der Waals surface area contributed by atoms with Gasteiger partial charge in [-0.25, -0.2) is 29.3 Å². The van der Waals surface area contributed by atoms with Crippen LogP contribution in [0, 0.1) is 22.0 Å². The summed E-state index contributed by atoms with van der Waals surface area (Å²) in [5.74, 6) is -1.85. The Morgan fingerprint density at radius 2 is 1.11 bits per heavy atom. The van der Waals surface area contributed by atoms with Crippen LogP contribution < -0.4 is 27.8 Å². The molecule has 8 rings (SSSR count). The second kappa shape index (κ2) is 18.0. The molecule has 6 aromatic rings. The number of nitro groups is 1. The number of nitrogens with zero attached hydrogens (tertiary/aromatic N) is 9. The molecule has 0 bridgehead atoms. The van der Waals surface area contributed by atoms with Gasteiger partial charge in [0.05, 0.1) is 40.4 Å². The van der Waals surface area contributed by atoms with E-state index in [9.17, 15) is 46.0 Å². The van der Waals surface area contributed by atoms with E-state index in [1.807, 2.05) is 10.6 Å². The van der Waals surface area contributed by atoms with Crippen molar-refractivity contribution in [1.29, 1.82) is 0 Å². The molecule has 2 aliphatic carbocycles. The molecule has 0 aliphatic heterocycles. The van der Waals surface area contributed by atoms with Crippen molar-refractivity contribution in [3.05, 3.63) is 107 Å². The molecule has 334 valence electrons. The molecule has 0 radical (unpaired) electrons. The van der Waals surface area contributed by atoms with Crippen LogP contribution in [0.1, 0.15) is 48.6 Å². The Hall–Kier alpha value is -7.66. The van der Waals surface area contributed by atoms with Crippen molar-refractivity contribution in [3.8, 4) is 33.9 Å². The number of halogens is 6. The summed E-state index contributed by atoms with van der Waals surface area (Å²) in [7, 11) is 0. The van der Waals surface area contributed by atoms with Crippen molar-refractivity contribution in [2.45, 2.75) is 49.9 Å². The number of nitrogens with two attached hydrogens (primary N) is 3. The second-order valence-electron chi connectivity index (χ2n) is 15.0. The molecule has 64 heavy (non-hydrogen) atoms. The minimum Gasteiger partial charge on any atom is -0.395 e. The van der Waals surface area contributed by atoms with Gasteiger partial charge in [-0.2, -0.15) is 36.5 Å². The van der Waals surface area contributed by atoms with Crippen molar-refractivity contribution in [3.63, 3.8) is 0 Å². The number of nitrogen functional groups attached to an aromatic ring is 3. The highest BCUT2D eigenvalue weighted by Gasteiger charge is 2.40. The lowest BCUT2D eigenvalue weighted by Crippen LogP contribution is -2.37. The van der Waals surface area contributed by atoms with Gasteiger partial charge in [0.15, 0.2) is 11.6 Å². The number of rotatable bonds is 13. The summed E-state index contributed by atoms with van der Waals surface area (Å²) < 4.78 is 77.7. The molecule has 2 fully saturated rings. The first kappa shape index (κ1) is 44.4. The molecule has 0 spiro atoms. The van der Waals surface area contributed by atoms with Crippen LogP contribution in [0.25, 0.3) is 33.9 Å². The third-order valence-corrected chi connectivity index (χ3v) is 10.4. The van der Waals surface area contributed by atoms with Gasteiger partial charge in [-0.15, -0.1) is 0 Å². The average Bonchev–Trinajstić information content (AvgIpc) is 4.17. The maximum absolute atomic E-state index is 12.5. The number of alkyl halides is 6. The Bertz CT molecular complexity index is 2640. The number of carbonyl (C=O) groups excluding carboxylic acids is 2. The van der Waals surface area contributed by atoms with Gasteiger partial charge in [0.2, 0.25) is 17.6 Å². The van der Waals surface area contributed by atoms with Gasteiger partial charge in [0, 0.05) is 53.9 Å². The van der Waals surface area contributed by atoms with Gasteiger partial charge in [-0.05, 0) is 72.9 Å². The van der Waals surface area contributed by atoms with Crippen molar-refractivity contribution in [2.75, 3.05) is 30.3 Å². The molecule has 2 saturated carbocycles. The topological polar surface area (TPSA) is 267 Å². The third kappa shape index (κ3) is 10.7. The van der Waals surface area contributed by atoms with Crippen molar-refractivity contribution < 1.29 is 40.9 Å². The van der Waals surface area contributed by atoms with Crippen molar-refractivity contribution in [1.82, 2.24) is 50.1 Å². The fraction of sp³-hybridized carbons (Fsp3) is 0.300. The first-order chi connectivity index (χ1) is 30.4. The third-order valence-electron chi connectivity index (χ3n) is 10.4. The molecular formula is C40H38F6N14O4. The van der Waals surface area contributed by atoms with Crippen LogP contribution in [0.5, 0.6) is 0 Å². The van der Waals surface area contributed by atoms with E-state index in [4.69, 9.17) is 17.2 Å². The number of carbonyl (C=O) groups is 2. The monoisotopic (exact) mass is 892 g/mol. The van der Waals surface area contributed by atoms with E-state index in [1.165, 1.54) is 46.4 Å². The van der Waals surface area contributed by atoms with Gasteiger partial charge in [-0.1, -0.05) is 12.1 Å². The lowest BCUT2D eigenvalue weighted by molar-refractivity contribution is -0.383. The molecule has 6 heterocycles. The van der Waals surface area contributed by atoms with Crippen LogP contribution in [0.4, 0.5) is 49.4 Å². The molecular weight excluding hydrogens is 855 g/mol. The van der Waals surface area contributed by atoms with E-state index in [1.54, 1.807) is 48.9 Å². The fourth-order valence-electron chi connectivity index (χ4n) is 6.97. The molecule has 8 N–H and O–H groups in total. The fourth-order valence-corrected chi connectivity index (χ4v) is 6.97. The van der Waals surface area contributed by atoms with Gasteiger partial charge in [0.25, 0.3) is 0 Å².